The van der Waals surface area contributed by atoms with Crippen LogP contribution in [-0.4, -0.2) is 64.9 Å². The van der Waals surface area contributed by atoms with E-state index in [-0.39, 0.29) is 30.2 Å². The summed E-state index contributed by atoms with van der Waals surface area (Å²) >= 11 is 6.26. The second kappa shape index (κ2) is 9.39. The number of carbonyl (C=O) groups excluding carboxylic acids is 3. The van der Waals surface area contributed by atoms with Crippen molar-refractivity contribution in [2.24, 2.45) is 5.92 Å². The van der Waals surface area contributed by atoms with Crippen LogP contribution in [0.25, 0.3) is 0 Å². The van der Waals surface area contributed by atoms with Gasteiger partial charge in [0.1, 0.15) is 0 Å². The second-order valence-corrected chi connectivity index (χ2v) is 9.74. The number of anilines is 1. The van der Waals surface area contributed by atoms with Crippen LogP contribution in [0.4, 0.5) is 5.69 Å². The fraction of sp³-hybridized carbons (Fsp3) is 0.423. The summed E-state index contributed by atoms with van der Waals surface area (Å²) in [7, 11) is 0. The Kier molecular flexibility index (Phi) is 6.32. The molecule has 5 rings (SSSR count). The van der Waals surface area contributed by atoms with Crippen LogP contribution in [-0.2, 0) is 11.3 Å². The molecule has 34 heavy (non-hydrogen) atoms. The number of carbonyl (C=O) groups is 3. The average Bonchev–Trinajstić information content (AvgIpc) is 3.10. The number of hydrogen-bond acceptors (Lipinski definition) is 5. The van der Waals surface area contributed by atoms with Crippen molar-refractivity contribution in [3.05, 3.63) is 64.2 Å². The molecule has 0 saturated carbocycles. The smallest absolute Gasteiger partial charge is 0.263 e. The van der Waals surface area contributed by atoms with E-state index >= 15 is 0 Å². The van der Waals surface area contributed by atoms with Gasteiger partial charge in [0.15, 0.2) is 0 Å². The average molecular weight is 482 g/mol. The zero-order valence-electron chi connectivity index (χ0n) is 19.0. The first-order valence-corrected chi connectivity index (χ1v) is 12.3. The van der Waals surface area contributed by atoms with Gasteiger partial charge in [-0.3, -0.25) is 19.3 Å². The van der Waals surface area contributed by atoms with Crippen LogP contribution in [0.5, 0.6) is 0 Å². The predicted octanol–water partition coefficient (Wildman–Crippen LogP) is 3.34. The number of aliphatic hydroxyl groups is 1. The topological polar surface area (TPSA) is 81.2 Å². The molecule has 3 heterocycles. The molecule has 0 spiro atoms. The number of β-amino-alcohol motifs (C(OH)–C–C–N with tert-alkyl or cyclic N) is 1. The molecule has 1 unspecified atom stereocenters. The van der Waals surface area contributed by atoms with Gasteiger partial charge in [0.25, 0.3) is 11.8 Å². The molecule has 2 aromatic rings. The van der Waals surface area contributed by atoms with Gasteiger partial charge in [-0.05, 0) is 49.4 Å². The first-order valence-electron chi connectivity index (χ1n) is 11.9. The van der Waals surface area contributed by atoms with Gasteiger partial charge in [-0.2, -0.15) is 0 Å². The lowest BCUT2D eigenvalue weighted by atomic mass is 9.93. The summed E-state index contributed by atoms with van der Waals surface area (Å²) < 4.78 is 0. The standard InChI is InChI=1S/C26H28ClN3O4/c27-21-8-2-1-5-18(21)15-30-25(33)20-7-3-9-22(23(20)26(30)34)28-13-10-17(11-14-28)24(32)29-12-4-6-19(31)16-29/h1-3,5,7-9,17,19,31H,4,6,10-16H2. The molecule has 2 saturated heterocycles. The van der Waals surface area contributed by atoms with Crippen molar-refractivity contribution < 1.29 is 19.5 Å². The van der Waals surface area contributed by atoms with Crippen LogP contribution < -0.4 is 4.90 Å². The highest BCUT2D eigenvalue weighted by Crippen LogP contribution is 2.35. The molecule has 3 amide bonds. The summed E-state index contributed by atoms with van der Waals surface area (Å²) in [5.41, 5.74) is 2.32. The Morgan fingerprint density at radius 2 is 1.74 bits per heavy atom. The summed E-state index contributed by atoms with van der Waals surface area (Å²) in [5.74, 6) is -0.576. The monoisotopic (exact) mass is 481 g/mol. The number of halogens is 1. The fourth-order valence-electron chi connectivity index (χ4n) is 5.30. The van der Waals surface area contributed by atoms with Gasteiger partial charge in [0.05, 0.1) is 29.5 Å². The molecular formula is C26H28ClN3O4. The number of likely N-dealkylation sites (tertiary alicyclic amines) is 1. The van der Waals surface area contributed by atoms with Crippen molar-refractivity contribution in [2.45, 2.75) is 38.3 Å². The van der Waals surface area contributed by atoms with Crippen molar-refractivity contribution in [3.8, 4) is 0 Å². The molecule has 0 aliphatic carbocycles. The second-order valence-electron chi connectivity index (χ2n) is 9.33. The van der Waals surface area contributed by atoms with Crippen LogP contribution in [0.1, 0.15) is 52.0 Å². The Labute approximate surface area is 203 Å². The van der Waals surface area contributed by atoms with Gasteiger partial charge < -0.3 is 14.9 Å². The third-order valence-electron chi connectivity index (χ3n) is 7.16. The zero-order valence-corrected chi connectivity index (χ0v) is 19.7. The van der Waals surface area contributed by atoms with E-state index in [0.717, 1.165) is 24.1 Å². The molecule has 178 valence electrons. The Balaban J connectivity index is 1.30. The molecule has 3 aliphatic rings. The van der Waals surface area contributed by atoms with Crippen LogP contribution >= 0.6 is 11.6 Å². The van der Waals surface area contributed by atoms with Crippen molar-refractivity contribution in [2.75, 3.05) is 31.1 Å². The molecule has 2 fully saturated rings. The van der Waals surface area contributed by atoms with Gasteiger partial charge >= 0.3 is 0 Å². The minimum atomic E-state index is -0.429. The van der Waals surface area contributed by atoms with Gasteiger partial charge in [-0.1, -0.05) is 35.9 Å². The Morgan fingerprint density at radius 3 is 2.47 bits per heavy atom. The molecule has 3 aliphatic heterocycles. The third-order valence-corrected chi connectivity index (χ3v) is 7.53. The highest BCUT2D eigenvalue weighted by Gasteiger charge is 2.39. The maximum atomic E-state index is 13.3. The first-order chi connectivity index (χ1) is 16.4. The lowest BCUT2D eigenvalue weighted by Crippen LogP contribution is -2.47. The Hall–Kier alpha value is -2.90. The van der Waals surface area contributed by atoms with Crippen molar-refractivity contribution in [1.82, 2.24) is 9.80 Å². The number of nitrogens with zero attached hydrogens (tertiary/aromatic N) is 3. The lowest BCUT2D eigenvalue weighted by molar-refractivity contribution is -0.139. The number of piperidine rings is 2. The summed E-state index contributed by atoms with van der Waals surface area (Å²) in [4.78, 5) is 44.5. The van der Waals surface area contributed by atoms with Crippen LogP contribution in [0.15, 0.2) is 42.5 Å². The van der Waals surface area contributed by atoms with Gasteiger partial charge in [0, 0.05) is 37.1 Å². The SMILES string of the molecule is O=C(C1CCN(c2cccc3c2C(=O)N(Cc2ccccc2Cl)C3=O)CC1)N1CCCC(O)C1. The quantitative estimate of drug-likeness (QED) is 0.677. The van der Waals surface area contributed by atoms with Gasteiger partial charge in [-0.15, -0.1) is 0 Å². The van der Waals surface area contributed by atoms with E-state index in [9.17, 15) is 19.5 Å². The van der Waals surface area contributed by atoms with Crippen LogP contribution in [0.3, 0.4) is 0 Å². The molecule has 1 atom stereocenters. The molecular weight excluding hydrogens is 454 g/mol. The summed E-state index contributed by atoms with van der Waals surface area (Å²) in [6.45, 7) is 2.53. The number of amides is 3. The summed E-state index contributed by atoms with van der Waals surface area (Å²) in [6.07, 6.45) is 2.52. The largest absolute Gasteiger partial charge is 0.391 e. The Morgan fingerprint density at radius 1 is 0.971 bits per heavy atom. The van der Waals surface area contributed by atoms with E-state index in [0.29, 0.717) is 55.2 Å². The molecule has 0 radical (unpaired) electrons. The molecule has 1 N–H and O–H groups in total. The number of hydrogen-bond donors (Lipinski definition) is 1. The maximum absolute atomic E-state index is 13.3. The molecule has 7 nitrogen and oxygen atoms in total. The highest BCUT2D eigenvalue weighted by molar-refractivity contribution is 6.31. The van der Waals surface area contributed by atoms with Crippen LogP contribution in [0.2, 0.25) is 5.02 Å². The van der Waals surface area contributed by atoms with E-state index in [4.69, 9.17) is 11.6 Å². The van der Waals surface area contributed by atoms with E-state index in [1.807, 2.05) is 30.3 Å². The van der Waals surface area contributed by atoms with E-state index in [2.05, 4.69) is 4.90 Å². The van der Waals surface area contributed by atoms with E-state index < -0.39 is 6.10 Å². The zero-order chi connectivity index (χ0) is 23.8. The third kappa shape index (κ3) is 4.18. The first kappa shape index (κ1) is 22.9. The van der Waals surface area contributed by atoms with E-state index in [1.165, 1.54) is 4.90 Å². The maximum Gasteiger partial charge on any atom is 0.263 e. The summed E-state index contributed by atoms with van der Waals surface area (Å²) in [6, 6.07) is 12.6. The van der Waals surface area contributed by atoms with Gasteiger partial charge in [0.2, 0.25) is 5.91 Å². The molecule has 0 aromatic heterocycles. The number of benzene rings is 2. The summed E-state index contributed by atoms with van der Waals surface area (Å²) in [5, 5.41) is 10.4. The Bertz CT molecular complexity index is 1130. The van der Waals surface area contributed by atoms with E-state index in [1.54, 1.807) is 17.0 Å². The number of fused-ring (bicyclic) bond motifs is 1. The minimum absolute atomic E-state index is 0.0765. The lowest BCUT2D eigenvalue weighted by Gasteiger charge is -2.37. The highest BCUT2D eigenvalue weighted by atomic mass is 35.5. The van der Waals surface area contributed by atoms with Gasteiger partial charge in [-0.25, -0.2) is 0 Å². The number of aliphatic hydroxyl groups excluding tert-OH is 1. The predicted molar refractivity (Wildman–Crippen MR) is 129 cm³/mol. The van der Waals surface area contributed by atoms with Crippen molar-refractivity contribution >= 4 is 35.0 Å². The fourth-order valence-corrected chi connectivity index (χ4v) is 5.50. The minimum Gasteiger partial charge on any atom is -0.391 e. The number of rotatable bonds is 4. The number of imide groups is 1. The van der Waals surface area contributed by atoms with Crippen molar-refractivity contribution in [1.29, 1.82) is 0 Å². The van der Waals surface area contributed by atoms with Crippen LogP contribution in [0, 0.1) is 5.92 Å². The molecule has 0 bridgehead atoms. The normalized spacial score (nSPS) is 21.2. The van der Waals surface area contributed by atoms with Crippen molar-refractivity contribution in [3.63, 3.8) is 0 Å². The molecule has 8 heteroatoms. The molecule has 2 aromatic carbocycles.